The summed E-state index contributed by atoms with van der Waals surface area (Å²) in [6, 6.07) is 0. The van der Waals surface area contributed by atoms with Crippen LogP contribution >= 0.6 is 0 Å². The summed E-state index contributed by atoms with van der Waals surface area (Å²) in [6.07, 6.45) is 26.7. The van der Waals surface area contributed by atoms with Crippen LogP contribution in [-0.4, -0.2) is 111 Å². The first-order chi connectivity index (χ1) is 28.3. The van der Waals surface area contributed by atoms with Crippen molar-refractivity contribution in [2.75, 3.05) is 13.2 Å². The van der Waals surface area contributed by atoms with Crippen molar-refractivity contribution in [3.8, 4) is 0 Å². The quantitative estimate of drug-likeness (QED) is 0.0296. The molecule has 2 aliphatic heterocycles. The molecule has 11 heteroatoms. The maximum Gasteiger partial charge on any atom is 0.187 e. The number of unbranched alkanes of at least 4 members (excludes halogenated alkanes) is 28. The topological polar surface area (TPSA) is 184 Å². The van der Waals surface area contributed by atoms with Gasteiger partial charge in [0.05, 0.1) is 12.7 Å². The predicted molar refractivity (Wildman–Crippen MR) is 232 cm³/mol. The zero-order valence-corrected chi connectivity index (χ0v) is 37.3. The molecule has 0 bridgehead atoms. The summed E-state index contributed by atoms with van der Waals surface area (Å²) in [5.74, 6) is 0. The van der Waals surface area contributed by atoms with E-state index in [-0.39, 0.29) is 12.6 Å². The van der Waals surface area contributed by atoms with Crippen LogP contribution in [0.1, 0.15) is 219 Å². The summed E-state index contributed by atoms with van der Waals surface area (Å²) >= 11 is 0. The molecule has 8 N–H and O–H groups in total. The number of aliphatic hydroxyl groups excluding tert-OH is 6. The Morgan fingerprint density at radius 1 is 0.431 bits per heavy atom. The molecule has 0 amide bonds. The number of nitrogens with two attached hydrogens (primary N) is 1. The Balaban J connectivity index is 1.78. The van der Waals surface area contributed by atoms with Crippen LogP contribution in [-0.2, 0) is 18.9 Å². The zero-order valence-electron chi connectivity index (χ0n) is 37.3. The molecule has 346 valence electrons. The maximum atomic E-state index is 11.2. The maximum absolute atomic E-state index is 11.2. The van der Waals surface area contributed by atoms with Crippen LogP contribution in [0.15, 0.2) is 0 Å². The second-order valence-corrected chi connectivity index (χ2v) is 17.8. The van der Waals surface area contributed by atoms with Crippen molar-refractivity contribution >= 4 is 0 Å². The van der Waals surface area contributed by atoms with Crippen LogP contribution in [0.25, 0.3) is 0 Å². The van der Waals surface area contributed by atoms with E-state index in [0.717, 1.165) is 38.5 Å². The van der Waals surface area contributed by atoms with E-state index in [2.05, 4.69) is 13.8 Å². The Labute approximate surface area is 354 Å². The van der Waals surface area contributed by atoms with Crippen LogP contribution in [0.2, 0.25) is 0 Å². The molecule has 10 atom stereocenters. The monoisotopic (exact) mass is 832 g/mol. The zero-order chi connectivity index (χ0) is 42.2. The lowest BCUT2D eigenvalue weighted by Gasteiger charge is -2.46. The average molecular weight is 832 g/mol. The first-order valence-corrected chi connectivity index (χ1v) is 24.6. The number of rotatable bonds is 38. The largest absolute Gasteiger partial charge is 0.394 e. The molecule has 11 nitrogen and oxygen atoms in total. The SMILES string of the molecule is CCCCCCCCCCCCCCCCCC(CCCCCCCCCCCCCCCCC)O[C@@H]1O[C@H](CO)[C@H](O[C@H]2O[C@H](CN)[C@@H](O)[C@H](O)[C@H]2O)[C@H](O)[C@H]1O. The van der Waals surface area contributed by atoms with Gasteiger partial charge in [-0.25, -0.2) is 0 Å². The summed E-state index contributed by atoms with van der Waals surface area (Å²) in [5, 5.41) is 63.6. The third-order valence-electron chi connectivity index (χ3n) is 12.6. The predicted octanol–water partition coefficient (Wildman–Crippen LogP) is 8.49. The van der Waals surface area contributed by atoms with E-state index in [9.17, 15) is 30.6 Å². The third kappa shape index (κ3) is 22.6. The lowest BCUT2D eigenvalue weighted by Crippen LogP contribution is -2.65. The fourth-order valence-corrected chi connectivity index (χ4v) is 8.67. The highest BCUT2D eigenvalue weighted by molar-refractivity contribution is 4.94. The molecule has 0 radical (unpaired) electrons. The van der Waals surface area contributed by atoms with Gasteiger partial charge >= 0.3 is 0 Å². The molecule has 0 aromatic carbocycles. The smallest absolute Gasteiger partial charge is 0.187 e. The van der Waals surface area contributed by atoms with Crippen molar-refractivity contribution in [1.82, 2.24) is 0 Å². The first-order valence-electron chi connectivity index (χ1n) is 24.6. The second-order valence-electron chi connectivity index (χ2n) is 17.8. The van der Waals surface area contributed by atoms with E-state index in [4.69, 9.17) is 24.7 Å². The number of ether oxygens (including phenoxy) is 4. The van der Waals surface area contributed by atoms with Crippen molar-refractivity contribution in [1.29, 1.82) is 0 Å². The number of aliphatic hydroxyl groups is 6. The Morgan fingerprint density at radius 3 is 1.14 bits per heavy atom. The van der Waals surface area contributed by atoms with Gasteiger partial charge in [-0.3, -0.25) is 0 Å². The number of hydrogen-bond donors (Lipinski definition) is 7. The van der Waals surface area contributed by atoms with Crippen molar-refractivity contribution < 1.29 is 49.6 Å². The Morgan fingerprint density at radius 2 is 0.776 bits per heavy atom. The molecule has 58 heavy (non-hydrogen) atoms. The Kier molecular flexibility index (Phi) is 32.5. The van der Waals surface area contributed by atoms with E-state index in [1.807, 2.05) is 0 Å². The second kappa shape index (κ2) is 35.1. The molecule has 2 saturated heterocycles. The van der Waals surface area contributed by atoms with Crippen molar-refractivity contribution in [2.45, 2.75) is 287 Å². The minimum absolute atomic E-state index is 0.142. The molecule has 0 aromatic heterocycles. The van der Waals surface area contributed by atoms with Gasteiger partial charge < -0.3 is 55.3 Å². The van der Waals surface area contributed by atoms with Crippen LogP contribution in [0.5, 0.6) is 0 Å². The molecule has 2 aliphatic rings. The van der Waals surface area contributed by atoms with E-state index >= 15 is 0 Å². The van der Waals surface area contributed by atoms with Crippen molar-refractivity contribution in [3.63, 3.8) is 0 Å². The molecule has 0 saturated carbocycles. The van der Waals surface area contributed by atoms with E-state index in [1.54, 1.807) is 0 Å². The Hall–Kier alpha value is -0.440. The highest BCUT2D eigenvalue weighted by Crippen LogP contribution is 2.31. The van der Waals surface area contributed by atoms with Gasteiger partial charge in [0.15, 0.2) is 12.6 Å². The summed E-state index contributed by atoms with van der Waals surface area (Å²) in [7, 11) is 0. The highest BCUT2D eigenvalue weighted by atomic mass is 16.7. The minimum Gasteiger partial charge on any atom is -0.394 e. The molecule has 0 aromatic rings. The van der Waals surface area contributed by atoms with Gasteiger partial charge in [-0.1, -0.05) is 206 Å². The molecule has 2 rings (SSSR count). The van der Waals surface area contributed by atoms with Crippen LogP contribution in [0.4, 0.5) is 0 Å². The highest BCUT2D eigenvalue weighted by Gasteiger charge is 2.51. The fraction of sp³-hybridized carbons (Fsp3) is 1.00. The summed E-state index contributed by atoms with van der Waals surface area (Å²) < 4.78 is 23.8. The van der Waals surface area contributed by atoms with Gasteiger partial charge in [0.2, 0.25) is 0 Å². The summed E-state index contributed by atoms with van der Waals surface area (Å²) in [4.78, 5) is 0. The van der Waals surface area contributed by atoms with Crippen molar-refractivity contribution in [3.05, 3.63) is 0 Å². The first kappa shape index (κ1) is 53.7. The molecule has 0 unspecified atom stereocenters. The third-order valence-corrected chi connectivity index (χ3v) is 12.6. The Bertz CT molecular complexity index is 881. The van der Waals surface area contributed by atoms with Crippen molar-refractivity contribution in [2.24, 2.45) is 5.73 Å². The van der Waals surface area contributed by atoms with E-state index in [0.29, 0.717) is 0 Å². The van der Waals surface area contributed by atoms with Crippen LogP contribution in [0, 0.1) is 0 Å². The lowest BCUT2D eigenvalue weighted by atomic mass is 9.96. The van der Waals surface area contributed by atoms with Gasteiger partial charge in [-0.15, -0.1) is 0 Å². The molecule has 2 fully saturated rings. The molecule has 2 heterocycles. The van der Waals surface area contributed by atoms with Crippen LogP contribution in [0.3, 0.4) is 0 Å². The number of hydrogen-bond acceptors (Lipinski definition) is 11. The average Bonchev–Trinajstić information content (AvgIpc) is 3.23. The van der Waals surface area contributed by atoms with E-state index in [1.165, 1.54) is 167 Å². The standard InChI is InChI=1S/C47H93NO10/c1-3-5-7-9-11-13-15-17-19-21-23-25-27-29-31-33-37(34-32-30-28-26-24-22-20-18-16-14-12-10-8-6-4-2)55-46-44(54)42(52)45(39(36-49)57-46)58-47-43(53)41(51)40(50)38(35-48)56-47/h37-47,49-54H,3-36,48H2,1-2H3/t38-,39-,40-,41+,42-,43-,44-,45+,46-,47-/m1/s1. The lowest BCUT2D eigenvalue weighted by molar-refractivity contribution is -0.361. The summed E-state index contributed by atoms with van der Waals surface area (Å²) in [5.41, 5.74) is 5.67. The van der Waals surface area contributed by atoms with Gasteiger partial charge in [-0.2, -0.15) is 0 Å². The molecule has 0 aliphatic carbocycles. The van der Waals surface area contributed by atoms with E-state index < -0.39 is 68.0 Å². The van der Waals surface area contributed by atoms with Crippen LogP contribution < -0.4 is 5.73 Å². The molecule has 0 spiro atoms. The van der Waals surface area contributed by atoms with Gasteiger partial charge in [0, 0.05) is 6.54 Å². The molecular weight excluding hydrogens is 739 g/mol. The molecular formula is C47H93NO10. The minimum atomic E-state index is -1.65. The van der Waals surface area contributed by atoms with Gasteiger partial charge in [0.1, 0.15) is 48.8 Å². The normalized spacial score (nSPS) is 27.8. The summed E-state index contributed by atoms with van der Waals surface area (Å²) in [6.45, 7) is 3.85. The van der Waals surface area contributed by atoms with Gasteiger partial charge in [-0.05, 0) is 12.8 Å². The van der Waals surface area contributed by atoms with Gasteiger partial charge in [0.25, 0.3) is 0 Å². The fourth-order valence-electron chi connectivity index (χ4n) is 8.67.